The molecule has 2 aromatic heterocycles. The second kappa shape index (κ2) is 8.67. The van der Waals surface area contributed by atoms with Crippen molar-refractivity contribution in [1.29, 1.82) is 0 Å². The van der Waals surface area contributed by atoms with Gasteiger partial charge in [0.2, 0.25) is 15.9 Å². The van der Waals surface area contributed by atoms with E-state index >= 15 is 0 Å². The summed E-state index contributed by atoms with van der Waals surface area (Å²) in [6.45, 7) is 4.11. The highest BCUT2D eigenvalue weighted by atomic mass is 32.2. The predicted molar refractivity (Wildman–Crippen MR) is 114 cm³/mol. The molecular formula is C20H27N5O5S. The first kappa shape index (κ1) is 22.8. The SMILES string of the molecule is Cc1cc(C)c(CNC(=O)C2CCN(S(=O)(=O)c3cc(C(N)=O)n(C)c3)CC2)c(=O)[nH]1. The molecule has 1 fully saturated rings. The molecule has 3 heterocycles. The fraction of sp³-hybridized carbons (Fsp3) is 0.450. The molecule has 0 aliphatic carbocycles. The largest absolute Gasteiger partial charge is 0.364 e. The highest BCUT2D eigenvalue weighted by Crippen LogP contribution is 2.25. The normalized spacial score (nSPS) is 15.7. The Bertz CT molecular complexity index is 1170. The van der Waals surface area contributed by atoms with Crippen LogP contribution in [0.4, 0.5) is 0 Å². The molecule has 1 aliphatic heterocycles. The monoisotopic (exact) mass is 449 g/mol. The lowest BCUT2D eigenvalue weighted by molar-refractivity contribution is -0.126. The van der Waals surface area contributed by atoms with Crippen molar-refractivity contribution in [2.75, 3.05) is 13.1 Å². The summed E-state index contributed by atoms with van der Waals surface area (Å²) in [6, 6.07) is 3.11. The van der Waals surface area contributed by atoms with E-state index in [2.05, 4.69) is 10.3 Å². The predicted octanol–water partition coefficient (Wildman–Crippen LogP) is 0.146. The van der Waals surface area contributed by atoms with Gasteiger partial charge in [0, 0.05) is 50.1 Å². The molecular weight excluding hydrogens is 422 g/mol. The van der Waals surface area contributed by atoms with Crippen molar-refractivity contribution in [1.82, 2.24) is 19.2 Å². The lowest BCUT2D eigenvalue weighted by Gasteiger charge is -2.30. The van der Waals surface area contributed by atoms with Crippen molar-refractivity contribution in [2.24, 2.45) is 18.7 Å². The van der Waals surface area contributed by atoms with Crippen LogP contribution in [0.25, 0.3) is 0 Å². The minimum absolute atomic E-state index is 0.000716. The molecule has 3 rings (SSSR count). The molecule has 0 saturated carbocycles. The van der Waals surface area contributed by atoms with Gasteiger partial charge in [-0.1, -0.05) is 0 Å². The number of H-pyrrole nitrogens is 1. The second-order valence-electron chi connectivity index (χ2n) is 7.88. The third kappa shape index (κ3) is 4.72. The van der Waals surface area contributed by atoms with E-state index in [-0.39, 0.29) is 47.6 Å². The number of nitrogens with zero attached hydrogens (tertiary/aromatic N) is 2. The van der Waals surface area contributed by atoms with Crippen molar-refractivity contribution in [3.05, 3.63) is 51.2 Å². The maximum Gasteiger partial charge on any atom is 0.265 e. The fourth-order valence-corrected chi connectivity index (χ4v) is 5.39. The Kier molecular flexibility index (Phi) is 6.37. The minimum Gasteiger partial charge on any atom is -0.364 e. The second-order valence-corrected chi connectivity index (χ2v) is 9.81. The highest BCUT2D eigenvalue weighted by molar-refractivity contribution is 7.89. The van der Waals surface area contributed by atoms with Crippen LogP contribution in [0.1, 0.15) is 40.2 Å². The van der Waals surface area contributed by atoms with E-state index in [4.69, 9.17) is 5.73 Å². The summed E-state index contributed by atoms with van der Waals surface area (Å²) < 4.78 is 28.5. The fourth-order valence-electron chi connectivity index (χ4n) is 3.85. The summed E-state index contributed by atoms with van der Waals surface area (Å²) in [5.74, 6) is -1.25. The van der Waals surface area contributed by atoms with Crippen LogP contribution >= 0.6 is 0 Å². The van der Waals surface area contributed by atoms with Gasteiger partial charge in [-0.15, -0.1) is 0 Å². The molecule has 10 nitrogen and oxygen atoms in total. The molecule has 0 atom stereocenters. The van der Waals surface area contributed by atoms with Crippen molar-refractivity contribution < 1.29 is 18.0 Å². The summed E-state index contributed by atoms with van der Waals surface area (Å²) >= 11 is 0. The maximum atomic E-state index is 12.9. The number of piperidine rings is 1. The maximum absolute atomic E-state index is 12.9. The number of rotatable bonds is 6. The number of primary amides is 1. The van der Waals surface area contributed by atoms with Gasteiger partial charge in [0.25, 0.3) is 11.5 Å². The Balaban J connectivity index is 1.61. The van der Waals surface area contributed by atoms with Gasteiger partial charge in [0.1, 0.15) is 10.6 Å². The van der Waals surface area contributed by atoms with Crippen LogP contribution in [-0.2, 0) is 28.4 Å². The van der Waals surface area contributed by atoms with Gasteiger partial charge < -0.3 is 20.6 Å². The average Bonchev–Trinajstić information content (AvgIpc) is 3.10. The smallest absolute Gasteiger partial charge is 0.265 e. The average molecular weight is 450 g/mol. The van der Waals surface area contributed by atoms with Crippen molar-refractivity contribution in [3.8, 4) is 0 Å². The molecule has 0 spiro atoms. The first-order valence-corrected chi connectivity index (χ1v) is 11.4. The summed E-state index contributed by atoms with van der Waals surface area (Å²) in [7, 11) is -2.24. The number of amides is 2. The molecule has 31 heavy (non-hydrogen) atoms. The standard InChI is InChI=1S/C20H27N5O5S/c1-12-8-13(2)23-20(28)16(12)10-22-19(27)14-4-6-25(7-5-14)31(29,30)15-9-17(18(21)26)24(3)11-15/h8-9,11,14H,4-7,10H2,1-3H3,(H2,21,26)(H,22,27)(H,23,28). The van der Waals surface area contributed by atoms with Crippen molar-refractivity contribution in [2.45, 2.75) is 38.1 Å². The zero-order chi connectivity index (χ0) is 22.9. The molecule has 0 bridgehead atoms. The van der Waals surface area contributed by atoms with Gasteiger partial charge >= 0.3 is 0 Å². The van der Waals surface area contributed by atoms with Gasteiger partial charge in [0.15, 0.2) is 0 Å². The zero-order valence-electron chi connectivity index (χ0n) is 17.8. The summed E-state index contributed by atoms with van der Waals surface area (Å²) in [6.07, 6.45) is 2.09. The first-order valence-electron chi connectivity index (χ1n) is 9.94. The van der Waals surface area contributed by atoms with Gasteiger partial charge in [0.05, 0.1) is 0 Å². The zero-order valence-corrected chi connectivity index (χ0v) is 18.6. The molecule has 2 aromatic rings. The van der Waals surface area contributed by atoms with Gasteiger partial charge in [-0.05, 0) is 44.4 Å². The third-order valence-electron chi connectivity index (χ3n) is 5.63. The molecule has 0 unspecified atom stereocenters. The molecule has 4 N–H and O–H groups in total. The van der Waals surface area contributed by atoms with Gasteiger partial charge in [-0.3, -0.25) is 14.4 Å². The molecule has 11 heteroatoms. The van der Waals surface area contributed by atoms with Crippen molar-refractivity contribution >= 4 is 21.8 Å². The Hall–Kier alpha value is -2.92. The number of pyridine rings is 1. The first-order chi connectivity index (χ1) is 14.5. The van der Waals surface area contributed by atoms with E-state index < -0.39 is 15.9 Å². The van der Waals surface area contributed by atoms with Crippen LogP contribution in [0, 0.1) is 19.8 Å². The van der Waals surface area contributed by atoms with E-state index in [1.807, 2.05) is 13.0 Å². The molecule has 1 aliphatic rings. The Morgan fingerprint density at radius 3 is 2.42 bits per heavy atom. The van der Waals surface area contributed by atoms with Crippen molar-refractivity contribution in [3.63, 3.8) is 0 Å². The molecule has 0 radical (unpaired) electrons. The minimum atomic E-state index is -3.79. The number of hydrogen-bond acceptors (Lipinski definition) is 5. The van der Waals surface area contributed by atoms with E-state index in [1.165, 1.54) is 21.1 Å². The lowest BCUT2D eigenvalue weighted by atomic mass is 9.97. The molecule has 2 amide bonds. The van der Waals surface area contributed by atoms with Crippen LogP contribution in [0.5, 0.6) is 0 Å². The number of carbonyl (C=O) groups is 2. The van der Waals surface area contributed by atoms with E-state index in [0.717, 1.165) is 11.3 Å². The Labute approximate surface area is 180 Å². The van der Waals surface area contributed by atoms with Gasteiger partial charge in [-0.25, -0.2) is 8.42 Å². The topological polar surface area (TPSA) is 147 Å². The number of nitrogens with two attached hydrogens (primary N) is 1. The van der Waals surface area contributed by atoms with E-state index in [1.54, 1.807) is 14.0 Å². The summed E-state index contributed by atoms with van der Waals surface area (Å²) in [4.78, 5) is 38.8. The molecule has 168 valence electrons. The number of aryl methyl sites for hydroxylation is 3. The molecule has 0 aromatic carbocycles. The number of sulfonamides is 1. The summed E-state index contributed by atoms with van der Waals surface area (Å²) in [5.41, 5.74) is 7.21. The Morgan fingerprint density at radius 2 is 1.87 bits per heavy atom. The van der Waals surface area contributed by atoms with Crippen LogP contribution in [0.2, 0.25) is 0 Å². The molecule has 1 saturated heterocycles. The van der Waals surface area contributed by atoms with Gasteiger partial charge in [-0.2, -0.15) is 4.31 Å². The number of aromatic nitrogens is 2. The lowest BCUT2D eigenvalue weighted by Crippen LogP contribution is -2.43. The van der Waals surface area contributed by atoms with Crippen LogP contribution in [0.3, 0.4) is 0 Å². The highest BCUT2D eigenvalue weighted by Gasteiger charge is 2.33. The van der Waals surface area contributed by atoms with Crippen LogP contribution in [-0.4, -0.2) is 47.2 Å². The number of carbonyl (C=O) groups excluding carboxylic acids is 2. The summed E-state index contributed by atoms with van der Waals surface area (Å²) in [5, 5.41) is 2.80. The Morgan fingerprint density at radius 1 is 1.23 bits per heavy atom. The number of aromatic amines is 1. The van der Waals surface area contributed by atoms with E-state index in [0.29, 0.717) is 18.4 Å². The third-order valence-corrected chi connectivity index (χ3v) is 7.49. The van der Waals surface area contributed by atoms with E-state index in [9.17, 15) is 22.8 Å². The van der Waals surface area contributed by atoms with Crippen LogP contribution in [0.15, 0.2) is 28.0 Å². The van der Waals surface area contributed by atoms with Crippen LogP contribution < -0.4 is 16.6 Å². The number of hydrogen-bond donors (Lipinski definition) is 3. The number of nitrogens with one attached hydrogen (secondary N) is 2. The quantitative estimate of drug-likeness (QED) is 0.574.